The quantitative estimate of drug-likeness (QED) is 0.284. The molecule has 9 heteroatoms. The number of sulfonamides is 1. The summed E-state index contributed by atoms with van der Waals surface area (Å²) >= 11 is 0. The van der Waals surface area contributed by atoms with Crippen LogP contribution in [0.2, 0.25) is 0 Å². The lowest BCUT2D eigenvalue weighted by Crippen LogP contribution is -2.19. The SMILES string of the molecule is Cc1ccccc1S(=O)(=O)Nc1[nH]ncc1C(N)=NO. The van der Waals surface area contributed by atoms with Crippen molar-refractivity contribution >= 4 is 21.7 Å². The fourth-order valence-electron chi connectivity index (χ4n) is 1.66. The highest BCUT2D eigenvalue weighted by Gasteiger charge is 2.20. The maximum absolute atomic E-state index is 12.3. The van der Waals surface area contributed by atoms with E-state index in [1.54, 1.807) is 25.1 Å². The molecule has 0 aliphatic carbocycles. The minimum Gasteiger partial charge on any atom is -0.409 e. The van der Waals surface area contributed by atoms with Gasteiger partial charge in [0, 0.05) is 0 Å². The molecule has 0 saturated carbocycles. The summed E-state index contributed by atoms with van der Waals surface area (Å²) in [4.78, 5) is 0.139. The molecular weight excluding hydrogens is 282 g/mol. The number of oxime groups is 1. The third-order valence-corrected chi connectivity index (χ3v) is 4.15. The van der Waals surface area contributed by atoms with Gasteiger partial charge in [-0.3, -0.25) is 9.82 Å². The van der Waals surface area contributed by atoms with Crippen molar-refractivity contribution in [3.8, 4) is 0 Å². The maximum atomic E-state index is 12.3. The first-order chi connectivity index (χ1) is 9.45. The molecule has 1 heterocycles. The lowest BCUT2D eigenvalue weighted by Gasteiger charge is -2.09. The summed E-state index contributed by atoms with van der Waals surface area (Å²) in [6.07, 6.45) is 1.25. The molecule has 106 valence electrons. The van der Waals surface area contributed by atoms with Crippen LogP contribution in [0, 0.1) is 6.92 Å². The Morgan fingerprint density at radius 2 is 2.15 bits per heavy atom. The number of nitrogens with one attached hydrogen (secondary N) is 2. The Labute approximate surface area is 115 Å². The second kappa shape index (κ2) is 5.21. The molecular formula is C11H13N5O3S. The van der Waals surface area contributed by atoms with Crippen molar-refractivity contribution in [3.63, 3.8) is 0 Å². The number of amidine groups is 1. The summed E-state index contributed by atoms with van der Waals surface area (Å²) in [7, 11) is -3.79. The van der Waals surface area contributed by atoms with E-state index in [1.807, 2.05) is 0 Å². The van der Waals surface area contributed by atoms with Gasteiger partial charge in [-0.25, -0.2) is 8.42 Å². The van der Waals surface area contributed by atoms with Crippen LogP contribution in [0.3, 0.4) is 0 Å². The molecule has 0 amide bonds. The fourth-order valence-corrected chi connectivity index (χ4v) is 2.94. The van der Waals surface area contributed by atoms with E-state index in [4.69, 9.17) is 10.9 Å². The molecule has 8 nitrogen and oxygen atoms in total. The van der Waals surface area contributed by atoms with Crippen molar-refractivity contribution in [2.75, 3.05) is 4.72 Å². The number of benzene rings is 1. The Kier molecular flexibility index (Phi) is 3.61. The van der Waals surface area contributed by atoms with Crippen LogP contribution >= 0.6 is 0 Å². The van der Waals surface area contributed by atoms with Crippen LogP contribution in [0.1, 0.15) is 11.1 Å². The number of anilines is 1. The third kappa shape index (κ3) is 2.57. The lowest BCUT2D eigenvalue weighted by molar-refractivity contribution is 0.318. The van der Waals surface area contributed by atoms with E-state index >= 15 is 0 Å². The van der Waals surface area contributed by atoms with Gasteiger partial charge in [0.25, 0.3) is 10.0 Å². The fraction of sp³-hybridized carbons (Fsp3) is 0.0909. The second-order valence-electron chi connectivity index (χ2n) is 4.01. The van der Waals surface area contributed by atoms with Gasteiger partial charge in [0.15, 0.2) is 5.84 Å². The largest absolute Gasteiger partial charge is 0.409 e. The van der Waals surface area contributed by atoms with E-state index in [2.05, 4.69) is 20.1 Å². The molecule has 0 bridgehead atoms. The standard InChI is InChI=1S/C11H13N5O3S/c1-7-4-2-3-5-9(7)20(18,19)16-11-8(6-13-14-11)10(12)15-17/h2-6,17H,1H3,(H2,12,15)(H2,13,14,16). The summed E-state index contributed by atoms with van der Waals surface area (Å²) in [5.74, 6) is -0.218. The van der Waals surface area contributed by atoms with Gasteiger partial charge in [-0.15, -0.1) is 0 Å². The molecule has 0 radical (unpaired) electrons. The normalized spacial score (nSPS) is 12.3. The minimum atomic E-state index is -3.79. The number of aromatic nitrogens is 2. The predicted octanol–water partition coefficient (Wildman–Crippen LogP) is 0.613. The maximum Gasteiger partial charge on any atom is 0.263 e. The summed E-state index contributed by atoms with van der Waals surface area (Å²) < 4.78 is 26.9. The molecule has 2 rings (SSSR count). The summed E-state index contributed by atoms with van der Waals surface area (Å²) in [5.41, 5.74) is 6.19. The Balaban J connectivity index is 2.40. The molecule has 0 aliphatic rings. The van der Waals surface area contributed by atoms with Gasteiger partial charge in [-0.1, -0.05) is 23.4 Å². The number of nitrogens with zero attached hydrogens (tertiary/aromatic N) is 2. The number of H-pyrrole nitrogens is 1. The number of rotatable bonds is 4. The van der Waals surface area contributed by atoms with E-state index in [0.717, 1.165) is 0 Å². The van der Waals surface area contributed by atoms with E-state index in [1.165, 1.54) is 12.3 Å². The molecule has 0 spiro atoms. The summed E-state index contributed by atoms with van der Waals surface area (Å²) in [5, 5.41) is 17.6. The van der Waals surface area contributed by atoms with Crippen LogP contribution in [0.5, 0.6) is 0 Å². The Hall–Kier alpha value is -2.55. The van der Waals surface area contributed by atoms with E-state index in [0.29, 0.717) is 5.56 Å². The van der Waals surface area contributed by atoms with Crippen molar-refractivity contribution in [2.45, 2.75) is 11.8 Å². The topological polar surface area (TPSA) is 133 Å². The molecule has 0 atom stereocenters. The van der Waals surface area contributed by atoms with Crippen LogP contribution < -0.4 is 10.5 Å². The third-order valence-electron chi connectivity index (χ3n) is 2.64. The molecule has 1 aromatic heterocycles. The Morgan fingerprint density at radius 1 is 1.45 bits per heavy atom. The Morgan fingerprint density at radius 3 is 2.80 bits per heavy atom. The van der Waals surface area contributed by atoms with Gasteiger partial charge in [-0.2, -0.15) is 5.10 Å². The molecule has 1 aromatic carbocycles. The van der Waals surface area contributed by atoms with Crippen molar-refractivity contribution in [1.82, 2.24) is 10.2 Å². The zero-order valence-electron chi connectivity index (χ0n) is 10.5. The monoisotopic (exact) mass is 295 g/mol. The van der Waals surface area contributed by atoms with Gasteiger partial charge < -0.3 is 10.9 Å². The van der Waals surface area contributed by atoms with Crippen molar-refractivity contribution in [1.29, 1.82) is 0 Å². The summed E-state index contributed by atoms with van der Waals surface area (Å²) in [6.45, 7) is 1.69. The molecule has 0 unspecified atom stereocenters. The molecule has 20 heavy (non-hydrogen) atoms. The van der Waals surface area contributed by atoms with Crippen molar-refractivity contribution in [2.24, 2.45) is 10.9 Å². The van der Waals surface area contributed by atoms with Crippen molar-refractivity contribution in [3.05, 3.63) is 41.6 Å². The number of hydrogen-bond donors (Lipinski definition) is 4. The Bertz CT molecular complexity index is 751. The first kappa shape index (κ1) is 13.9. The lowest BCUT2D eigenvalue weighted by atomic mass is 10.2. The summed E-state index contributed by atoms with van der Waals surface area (Å²) in [6, 6.07) is 6.54. The van der Waals surface area contributed by atoms with Gasteiger partial charge >= 0.3 is 0 Å². The molecule has 0 fully saturated rings. The zero-order valence-corrected chi connectivity index (χ0v) is 11.3. The van der Waals surface area contributed by atoms with Crippen LogP contribution in [0.4, 0.5) is 5.82 Å². The molecule has 0 aliphatic heterocycles. The van der Waals surface area contributed by atoms with Gasteiger partial charge in [0.2, 0.25) is 0 Å². The zero-order chi connectivity index (χ0) is 14.8. The number of aryl methyl sites for hydroxylation is 1. The predicted molar refractivity (Wildman–Crippen MR) is 73.1 cm³/mol. The highest BCUT2D eigenvalue weighted by Crippen LogP contribution is 2.19. The first-order valence-electron chi connectivity index (χ1n) is 5.55. The van der Waals surface area contributed by atoms with Gasteiger partial charge in [0.05, 0.1) is 16.7 Å². The first-order valence-corrected chi connectivity index (χ1v) is 7.03. The van der Waals surface area contributed by atoms with E-state index in [-0.39, 0.29) is 22.1 Å². The number of aromatic amines is 1. The molecule has 5 N–H and O–H groups in total. The average Bonchev–Trinajstić information content (AvgIpc) is 2.85. The van der Waals surface area contributed by atoms with Crippen LogP contribution in [0.15, 0.2) is 40.5 Å². The number of hydrogen-bond acceptors (Lipinski definition) is 5. The highest BCUT2D eigenvalue weighted by atomic mass is 32.2. The molecule has 0 saturated heterocycles. The van der Waals surface area contributed by atoms with Gasteiger partial charge in [-0.05, 0) is 18.6 Å². The number of nitrogens with two attached hydrogens (primary N) is 1. The minimum absolute atomic E-state index is 0.0311. The molecule has 2 aromatic rings. The smallest absolute Gasteiger partial charge is 0.263 e. The van der Waals surface area contributed by atoms with Crippen LogP contribution in [0.25, 0.3) is 0 Å². The van der Waals surface area contributed by atoms with Crippen molar-refractivity contribution < 1.29 is 13.6 Å². The van der Waals surface area contributed by atoms with Gasteiger partial charge in [0.1, 0.15) is 5.82 Å². The van der Waals surface area contributed by atoms with Crippen LogP contribution in [-0.2, 0) is 10.0 Å². The van der Waals surface area contributed by atoms with E-state index < -0.39 is 10.0 Å². The average molecular weight is 295 g/mol. The second-order valence-corrected chi connectivity index (χ2v) is 5.67. The van der Waals surface area contributed by atoms with E-state index in [9.17, 15) is 8.42 Å². The highest BCUT2D eigenvalue weighted by molar-refractivity contribution is 7.92. The van der Waals surface area contributed by atoms with Crippen LogP contribution in [-0.4, -0.2) is 29.7 Å².